The van der Waals surface area contributed by atoms with Crippen molar-refractivity contribution in [1.82, 2.24) is 9.80 Å². The van der Waals surface area contributed by atoms with Gasteiger partial charge in [-0.3, -0.25) is 9.80 Å². The highest BCUT2D eigenvalue weighted by Gasteiger charge is 2.69. The number of hydrogen-bond donors (Lipinski definition) is 0. The van der Waals surface area contributed by atoms with Gasteiger partial charge < -0.3 is 0 Å². The zero-order chi connectivity index (χ0) is 11.7. The van der Waals surface area contributed by atoms with Gasteiger partial charge in [-0.15, -0.1) is 0 Å². The molecule has 0 aromatic heterocycles. The number of rotatable bonds is 0. The van der Waals surface area contributed by atoms with Crippen LogP contribution in [0.3, 0.4) is 0 Å². The zero-order valence-electron chi connectivity index (χ0n) is 11.5. The van der Waals surface area contributed by atoms with Crippen molar-refractivity contribution in [2.24, 2.45) is 17.3 Å². The van der Waals surface area contributed by atoms with E-state index in [2.05, 4.69) is 9.80 Å². The first-order valence-corrected chi connectivity index (χ1v) is 8.37. The van der Waals surface area contributed by atoms with Gasteiger partial charge in [-0.2, -0.15) is 0 Å². The molecule has 18 heavy (non-hydrogen) atoms. The molecular weight excluding hydrogens is 220 g/mol. The minimum absolute atomic E-state index is 0.768. The summed E-state index contributed by atoms with van der Waals surface area (Å²) in [6, 6.07) is 1.99. The van der Waals surface area contributed by atoms with E-state index in [9.17, 15) is 0 Å². The van der Waals surface area contributed by atoms with Crippen LogP contribution in [-0.2, 0) is 0 Å². The maximum atomic E-state index is 2.90. The van der Waals surface area contributed by atoms with Crippen LogP contribution in [0.15, 0.2) is 0 Å². The lowest BCUT2D eigenvalue weighted by Crippen LogP contribution is -2.51. The van der Waals surface area contributed by atoms with E-state index in [1.807, 2.05) is 0 Å². The van der Waals surface area contributed by atoms with Crippen LogP contribution in [-0.4, -0.2) is 48.1 Å². The molecule has 5 aliphatic rings. The van der Waals surface area contributed by atoms with Crippen molar-refractivity contribution < 1.29 is 0 Å². The molecule has 100 valence electrons. The second kappa shape index (κ2) is 3.52. The summed E-state index contributed by atoms with van der Waals surface area (Å²) in [5, 5.41) is 0. The van der Waals surface area contributed by atoms with Crippen molar-refractivity contribution in [2.75, 3.05) is 26.2 Å². The molecule has 2 nitrogen and oxygen atoms in total. The first kappa shape index (κ1) is 10.7. The molecule has 0 aromatic rings. The molecule has 4 saturated heterocycles. The smallest absolute Gasteiger partial charge is 0.0130 e. The fourth-order valence-electron chi connectivity index (χ4n) is 6.55. The Hall–Kier alpha value is -0.0800. The third kappa shape index (κ3) is 1.13. The molecule has 5 rings (SSSR count). The Bertz CT molecular complexity index is 332. The minimum Gasteiger partial charge on any atom is -0.299 e. The van der Waals surface area contributed by atoms with Gasteiger partial charge in [0.1, 0.15) is 0 Å². The van der Waals surface area contributed by atoms with Crippen molar-refractivity contribution in [3.05, 3.63) is 0 Å². The van der Waals surface area contributed by atoms with Crippen LogP contribution in [0.2, 0.25) is 0 Å². The predicted octanol–water partition coefficient (Wildman–Crippen LogP) is 2.35. The van der Waals surface area contributed by atoms with E-state index in [0.717, 1.165) is 29.3 Å². The number of piperidine rings is 2. The van der Waals surface area contributed by atoms with Gasteiger partial charge in [0.2, 0.25) is 0 Å². The highest BCUT2D eigenvalue weighted by Crippen LogP contribution is 2.66. The molecule has 4 heterocycles. The molecule has 4 unspecified atom stereocenters. The van der Waals surface area contributed by atoms with Crippen molar-refractivity contribution in [2.45, 2.75) is 57.0 Å². The maximum Gasteiger partial charge on any atom is 0.0130 e. The van der Waals surface area contributed by atoms with Crippen LogP contribution < -0.4 is 0 Å². The van der Waals surface area contributed by atoms with E-state index < -0.39 is 0 Å². The molecule has 0 aromatic carbocycles. The summed E-state index contributed by atoms with van der Waals surface area (Å²) in [5.41, 5.74) is 0.768. The highest BCUT2D eigenvalue weighted by atomic mass is 15.3. The molecule has 0 radical (unpaired) electrons. The molecule has 4 aliphatic heterocycles. The van der Waals surface area contributed by atoms with Crippen LogP contribution >= 0.6 is 0 Å². The second-order valence-corrected chi connectivity index (χ2v) is 7.75. The molecule has 1 spiro atoms. The largest absolute Gasteiger partial charge is 0.299 e. The average Bonchev–Trinajstić information content (AvgIpc) is 2.77. The Morgan fingerprint density at radius 3 is 1.83 bits per heavy atom. The van der Waals surface area contributed by atoms with Gasteiger partial charge in [0.25, 0.3) is 0 Å². The third-order valence-corrected chi connectivity index (χ3v) is 7.24. The fraction of sp³-hybridized carbons (Fsp3) is 1.00. The Morgan fingerprint density at radius 2 is 1.28 bits per heavy atom. The molecule has 1 saturated carbocycles. The SMILES string of the molecule is C1CCN2CC34CN5CCCCC5C3CC4C2C1. The lowest BCUT2D eigenvalue weighted by molar-refractivity contribution is 0.00566. The van der Waals surface area contributed by atoms with Crippen molar-refractivity contribution in [1.29, 1.82) is 0 Å². The van der Waals surface area contributed by atoms with Gasteiger partial charge in [-0.25, -0.2) is 0 Å². The second-order valence-electron chi connectivity index (χ2n) is 7.75. The van der Waals surface area contributed by atoms with Gasteiger partial charge >= 0.3 is 0 Å². The Kier molecular flexibility index (Phi) is 2.09. The van der Waals surface area contributed by atoms with Crippen molar-refractivity contribution in [3.8, 4) is 0 Å². The first-order valence-electron chi connectivity index (χ1n) is 8.37. The van der Waals surface area contributed by atoms with Gasteiger partial charge in [0, 0.05) is 30.6 Å². The minimum atomic E-state index is 0.768. The van der Waals surface area contributed by atoms with Crippen LogP contribution in [0.25, 0.3) is 0 Å². The van der Waals surface area contributed by atoms with Gasteiger partial charge in [0.15, 0.2) is 0 Å². The Labute approximate surface area is 111 Å². The topological polar surface area (TPSA) is 6.48 Å². The van der Waals surface area contributed by atoms with Crippen molar-refractivity contribution in [3.63, 3.8) is 0 Å². The zero-order valence-corrected chi connectivity index (χ0v) is 11.5. The predicted molar refractivity (Wildman–Crippen MR) is 72.5 cm³/mol. The fourth-order valence-corrected chi connectivity index (χ4v) is 6.55. The van der Waals surface area contributed by atoms with Gasteiger partial charge in [-0.05, 0) is 57.0 Å². The van der Waals surface area contributed by atoms with Crippen LogP contribution in [0.1, 0.15) is 44.9 Å². The molecule has 4 atom stereocenters. The van der Waals surface area contributed by atoms with E-state index >= 15 is 0 Å². The van der Waals surface area contributed by atoms with E-state index in [-0.39, 0.29) is 0 Å². The number of fused-ring (bicyclic) bond motifs is 4. The average molecular weight is 246 g/mol. The third-order valence-electron chi connectivity index (χ3n) is 7.24. The molecular formula is C16H26N2. The van der Waals surface area contributed by atoms with E-state index in [1.54, 1.807) is 6.42 Å². The summed E-state index contributed by atoms with van der Waals surface area (Å²) in [7, 11) is 0. The highest BCUT2D eigenvalue weighted by molar-refractivity contribution is 5.21. The molecule has 1 aliphatic carbocycles. The molecule has 0 amide bonds. The molecule has 0 N–H and O–H groups in total. The monoisotopic (exact) mass is 246 g/mol. The van der Waals surface area contributed by atoms with Crippen LogP contribution in [0.5, 0.6) is 0 Å². The standard InChI is InChI=1S/C16H26N2/c1-3-7-17-10-16-11-18-8-4-2-6-15(18)13(16)9-12(16)14(17)5-1/h12-15H,1-11H2. The summed E-state index contributed by atoms with van der Waals surface area (Å²) in [5.74, 6) is 2.18. The summed E-state index contributed by atoms with van der Waals surface area (Å²) in [6.07, 6.45) is 10.6. The van der Waals surface area contributed by atoms with Gasteiger partial charge in [0.05, 0.1) is 0 Å². The van der Waals surface area contributed by atoms with Crippen LogP contribution in [0, 0.1) is 17.3 Å². The molecule has 0 bridgehead atoms. The Balaban J connectivity index is 1.46. The summed E-state index contributed by atoms with van der Waals surface area (Å²) < 4.78 is 0. The van der Waals surface area contributed by atoms with Crippen molar-refractivity contribution >= 4 is 0 Å². The normalized spacial score (nSPS) is 55.3. The van der Waals surface area contributed by atoms with Crippen LogP contribution in [0.4, 0.5) is 0 Å². The summed E-state index contributed by atoms with van der Waals surface area (Å²) in [6.45, 7) is 5.78. The Morgan fingerprint density at radius 1 is 0.722 bits per heavy atom. The quantitative estimate of drug-likeness (QED) is 0.647. The molecule has 2 heteroatoms. The lowest BCUT2D eigenvalue weighted by atomic mass is 9.52. The van der Waals surface area contributed by atoms with Gasteiger partial charge in [-0.1, -0.05) is 12.8 Å². The number of hydrogen-bond acceptors (Lipinski definition) is 2. The maximum absolute atomic E-state index is 2.90. The summed E-state index contributed by atoms with van der Waals surface area (Å²) >= 11 is 0. The molecule has 5 fully saturated rings. The summed E-state index contributed by atoms with van der Waals surface area (Å²) in [4.78, 5) is 5.79. The lowest BCUT2D eigenvalue weighted by Gasteiger charge is -2.50. The van der Waals surface area contributed by atoms with E-state index in [0.29, 0.717) is 0 Å². The van der Waals surface area contributed by atoms with E-state index in [4.69, 9.17) is 0 Å². The first-order chi connectivity index (χ1) is 8.88. The number of nitrogens with zero attached hydrogens (tertiary/aromatic N) is 2. The van der Waals surface area contributed by atoms with E-state index in [1.165, 1.54) is 64.7 Å².